The Kier molecular flexibility index (Phi) is 7.92. The topological polar surface area (TPSA) is 26.3 Å². The third-order valence-corrected chi connectivity index (χ3v) is 3.46. The van der Waals surface area contributed by atoms with Crippen LogP contribution in [0.1, 0.15) is 55.8 Å². The van der Waals surface area contributed by atoms with Crippen molar-refractivity contribution in [2.24, 2.45) is 0 Å². The standard InChI is InChI=1S/C15H20Cl2O2/c1-2-3-4-5-6-7-8-19-15-13(16)9-12(11-18)10-14(15)17/h9-11H,2-8H2,1H3. The largest absolute Gasteiger partial charge is 0.490 e. The Bertz CT molecular complexity index is 382. The Morgan fingerprint density at radius 3 is 2.21 bits per heavy atom. The van der Waals surface area contributed by atoms with Gasteiger partial charge in [0.05, 0.1) is 16.7 Å². The predicted molar refractivity (Wildman–Crippen MR) is 80.7 cm³/mol. The first kappa shape index (κ1) is 16.3. The predicted octanol–water partition coefficient (Wildman–Crippen LogP) is 5.55. The van der Waals surface area contributed by atoms with Crippen molar-refractivity contribution in [2.75, 3.05) is 6.61 Å². The number of carbonyl (C=O) groups excluding carboxylic acids is 1. The van der Waals surface area contributed by atoms with Crippen molar-refractivity contribution in [3.63, 3.8) is 0 Å². The molecular weight excluding hydrogens is 283 g/mol. The van der Waals surface area contributed by atoms with Crippen LogP contribution in [-0.4, -0.2) is 12.9 Å². The van der Waals surface area contributed by atoms with Crippen LogP contribution in [0, 0.1) is 0 Å². The van der Waals surface area contributed by atoms with Gasteiger partial charge in [0.25, 0.3) is 0 Å². The number of hydrogen-bond acceptors (Lipinski definition) is 2. The molecule has 0 N–H and O–H groups in total. The number of ether oxygens (including phenoxy) is 1. The molecule has 0 radical (unpaired) electrons. The molecule has 19 heavy (non-hydrogen) atoms. The molecule has 0 spiro atoms. The second-order valence-corrected chi connectivity index (χ2v) is 5.36. The van der Waals surface area contributed by atoms with Crippen molar-refractivity contribution in [1.29, 1.82) is 0 Å². The summed E-state index contributed by atoms with van der Waals surface area (Å²) in [5, 5.41) is 0.779. The molecule has 0 aliphatic rings. The Balaban J connectivity index is 2.35. The molecule has 0 atom stereocenters. The molecular formula is C15H20Cl2O2. The summed E-state index contributed by atoms with van der Waals surface area (Å²) in [6.45, 7) is 2.81. The number of halogens is 2. The third-order valence-electron chi connectivity index (χ3n) is 2.90. The minimum absolute atomic E-state index is 0.389. The van der Waals surface area contributed by atoms with Gasteiger partial charge in [0, 0.05) is 5.56 Å². The highest BCUT2D eigenvalue weighted by Crippen LogP contribution is 2.33. The summed E-state index contributed by atoms with van der Waals surface area (Å²) in [6.07, 6.45) is 7.94. The van der Waals surface area contributed by atoms with E-state index in [1.165, 1.54) is 25.7 Å². The second-order valence-electron chi connectivity index (χ2n) is 4.55. The average molecular weight is 303 g/mol. The van der Waals surface area contributed by atoms with E-state index in [1.807, 2.05) is 0 Å². The summed E-state index contributed by atoms with van der Waals surface area (Å²) in [5.74, 6) is 0.475. The smallest absolute Gasteiger partial charge is 0.156 e. The molecule has 0 aliphatic carbocycles. The van der Waals surface area contributed by atoms with Crippen molar-refractivity contribution >= 4 is 29.5 Å². The lowest BCUT2D eigenvalue weighted by Crippen LogP contribution is -1.99. The van der Waals surface area contributed by atoms with Gasteiger partial charge in [0.1, 0.15) is 6.29 Å². The van der Waals surface area contributed by atoms with Gasteiger partial charge in [0.2, 0.25) is 0 Å². The fourth-order valence-corrected chi connectivity index (χ4v) is 2.46. The van der Waals surface area contributed by atoms with Crippen LogP contribution < -0.4 is 4.74 Å². The van der Waals surface area contributed by atoms with Crippen LogP contribution in [0.15, 0.2) is 12.1 Å². The summed E-state index contributed by atoms with van der Waals surface area (Å²) < 4.78 is 5.59. The number of aldehydes is 1. The maximum Gasteiger partial charge on any atom is 0.156 e. The molecule has 4 heteroatoms. The first-order valence-corrected chi connectivity index (χ1v) is 7.51. The lowest BCUT2D eigenvalue weighted by atomic mass is 10.1. The van der Waals surface area contributed by atoms with Crippen LogP contribution in [0.3, 0.4) is 0 Å². The maximum absolute atomic E-state index is 10.6. The van der Waals surface area contributed by atoms with Crippen molar-refractivity contribution in [2.45, 2.75) is 45.4 Å². The highest BCUT2D eigenvalue weighted by atomic mass is 35.5. The molecule has 0 saturated heterocycles. The summed E-state index contributed by atoms with van der Waals surface area (Å²) in [4.78, 5) is 10.6. The second kappa shape index (κ2) is 9.22. The van der Waals surface area contributed by atoms with Crippen molar-refractivity contribution < 1.29 is 9.53 Å². The average Bonchev–Trinajstić information content (AvgIpc) is 2.40. The van der Waals surface area contributed by atoms with Crippen molar-refractivity contribution in [1.82, 2.24) is 0 Å². The SMILES string of the molecule is CCCCCCCCOc1c(Cl)cc(C=O)cc1Cl. The van der Waals surface area contributed by atoms with Gasteiger partial charge in [0.15, 0.2) is 5.75 Å². The zero-order chi connectivity index (χ0) is 14.1. The summed E-state index contributed by atoms with van der Waals surface area (Å²) >= 11 is 12.1. The molecule has 1 aromatic carbocycles. The van der Waals surface area contributed by atoms with Crippen LogP contribution in [0.2, 0.25) is 10.0 Å². The van der Waals surface area contributed by atoms with Gasteiger partial charge in [-0.15, -0.1) is 0 Å². The highest BCUT2D eigenvalue weighted by molar-refractivity contribution is 6.37. The van der Waals surface area contributed by atoms with Gasteiger partial charge in [-0.25, -0.2) is 0 Å². The van der Waals surface area contributed by atoms with Gasteiger partial charge >= 0.3 is 0 Å². The van der Waals surface area contributed by atoms with Crippen LogP contribution in [-0.2, 0) is 0 Å². The quantitative estimate of drug-likeness (QED) is 0.442. The Morgan fingerprint density at radius 1 is 1.05 bits per heavy atom. The zero-order valence-electron chi connectivity index (χ0n) is 11.3. The number of benzene rings is 1. The molecule has 0 fully saturated rings. The molecule has 1 rings (SSSR count). The molecule has 0 saturated carbocycles. The van der Waals surface area contributed by atoms with Gasteiger partial charge < -0.3 is 4.74 Å². The third kappa shape index (κ3) is 5.84. The molecule has 106 valence electrons. The van der Waals surface area contributed by atoms with Crippen LogP contribution in [0.25, 0.3) is 0 Å². The molecule has 0 aromatic heterocycles. The van der Waals surface area contributed by atoms with Crippen LogP contribution >= 0.6 is 23.2 Å². The summed E-state index contributed by atoms with van der Waals surface area (Å²) in [5.41, 5.74) is 0.460. The van der Waals surface area contributed by atoms with Gasteiger partial charge in [-0.05, 0) is 18.6 Å². The minimum Gasteiger partial charge on any atom is -0.490 e. The molecule has 0 unspecified atom stereocenters. The molecule has 0 heterocycles. The fourth-order valence-electron chi connectivity index (χ4n) is 1.84. The summed E-state index contributed by atoms with van der Waals surface area (Å²) in [7, 11) is 0. The van der Waals surface area contributed by atoms with E-state index >= 15 is 0 Å². The van der Waals surface area contributed by atoms with Crippen LogP contribution in [0.5, 0.6) is 5.75 Å². The molecule has 1 aromatic rings. The monoisotopic (exact) mass is 302 g/mol. The first-order chi connectivity index (χ1) is 9.19. The van der Waals surface area contributed by atoms with Crippen molar-refractivity contribution in [3.05, 3.63) is 27.7 Å². The lowest BCUT2D eigenvalue weighted by molar-refractivity contribution is 0.112. The summed E-state index contributed by atoms with van der Waals surface area (Å²) in [6, 6.07) is 3.13. The minimum atomic E-state index is 0.389. The van der Waals surface area contributed by atoms with E-state index in [4.69, 9.17) is 27.9 Å². The van der Waals surface area contributed by atoms with E-state index in [9.17, 15) is 4.79 Å². The normalized spacial score (nSPS) is 10.5. The van der Waals surface area contributed by atoms with Crippen molar-refractivity contribution in [3.8, 4) is 5.75 Å². The van der Waals surface area contributed by atoms with Gasteiger partial charge in [-0.3, -0.25) is 4.79 Å². The van der Waals surface area contributed by atoms with E-state index < -0.39 is 0 Å². The van der Waals surface area contributed by atoms with E-state index in [2.05, 4.69) is 6.92 Å². The van der Waals surface area contributed by atoms with E-state index in [-0.39, 0.29) is 0 Å². The molecule has 0 amide bonds. The number of carbonyl (C=O) groups is 1. The highest BCUT2D eigenvalue weighted by Gasteiger charge is 2.09. The van der Waals surface area contributed by atoms with E-state index in [0.29, 0.717) is 28.0 Å². The number of unbranched alkanes of at least 4 members (excludes halogenated alkanes) is 5. The molecule has 2 nitrogen and oxygen atoms in total. The lowest BCUT2D eigenvalue weighted by Gasteiger charge is -2.10. The molecule has 0 bridgehead atoms. The fraction of sp³-hybridized carbons (Fsp3) is 0.533. The van der Waals surface area contributed by atoms with Crippen LogP contribution in [0.4, 0.5) is 0 Å². The van der Waals surface area contributed by atoms with E-state index in [1.54, 1.807) is 12.1 Å². The number of hydrogen-bond donors (Lipinski definition) is 0. The Hall–Kier alpha value is -0.730. The zero-order valence-corrected chi connectivity index (χ0v) is 12.8. The first-order valence-electron chi connectivity index (χ1n) is 6.76. The number of rotatable bonds is 9. The van der Waals surface area contributed by atoms with Gasteiger partial charge in [-0.2, -0.15) is 0 Å². The Labute approximate surface area is 125 Å². The Morgan fingerprint density at radius 2 is 1.63 bits per heavy atom. The molecule has 0 aliphatic heterocycles. The van der Waals surface area contributed by atoms with E-state index in [0.717, 1.165) is 19.1 Å². The van der Waals surface area contributed by atoms with Gasteiger partial charge in [-0.1, -0.05) is 62.2 Å². The maximum atomic E-state index is 10.6.